The molecule has 3 atom stereocenters. The van der Waals surface area contributed by atoms with Gasteiger partial charge in [-0.1, -0.05) is 45.4 Å². The van der Waals surface area contributed by atoms with Gasteiger partial charge in [0, 0.05) is 0 Å². The van der Waals surface area contributed by atoms with E-state index in [4.69, 9.17) is 0 Å². The first-order chi connectivity index (χ1) is 9.29. The van der Waals surface area contributed by atoms with E-state index in [0.717, 1.165) is 12.8 Å². The van der Waals surface area contributed by atoms with E-state index in [9.17, 15) is 5.11 Å². The highest BCUT2D eigenvalue weighted by Crippen LogP contribution is 2.42. The van der Waals surface area contributed by atoms with Crippen molar-refractivity contribution in [2.45, 2.75) is 66.4 Å². The molecule has 112 valence electrons. The van der Waals surface area contributed by atoms with Crippen molar-refractivity contribution < 1.29 is 5.11 Å². The molecule has 1 heteroatoms. The minimum atomic E-state index is -0.125. The Kier molecular flexibility index (Phi) is 4.59. The van der Waals surface area contributed by atoms with E-state index in [0.29, 0.717) is 11.8 Å². The number of aliphatic hydroxyl groups excluding tert-OH is 1. The second kappa shape index (κ2) is 5.89. The van der Waals surface area contributed by atoms with Crippen LogP contribution in [-0.2, 0) is 6.42 Å². The average molecular weight is 274 g/mol. The van der Waals surface area contributed by atoms with Crippen LogP contribution in [0.15, 0.2) is 18.2 Å². The third kappa shape index (κ3) is 3.44. The minimum Gasteiger partial charge on any atom is -0.393 e. The number of aryl methyl sites for hydroxylation is 2. The van der Waals surface area contributed by atoms with Crippen molar-refractivity contribution in [1.82, 2.24) is 0 Å². The first-order valence-corrected chi connectivity index (χ1v) is 8.04. The molecule has 0 aliphatic heterocycles. The monoisotopic (exact) mass is 274 g/mol. The van der Waals surface area contributed by atoms with Crippen molar-refractivity contribution in [2.24, 2.45) is 17.3 Å². The van der Waals surface area contributed by atoms with Crippen molar-refractivity contribution in [3.8, 4) is 0 Å². The third-order valence-corrected chi connectivity index (χ3v) is 5.31. The summed E-state index contributed by atoms with van der Waals surface area (Å²) in [6.07, 6.45) is 4.34. The lowest BCUT2D eigenvalue weighted by Crippen LogP contribution is -2.39. The van der Waals surface area contributed by atoms with Gasteiger partial charge in [-0.15, -0.1) is 0 Å². The van der Waals surface area contributed by atoms with Crippen LogP contribution in [0.4, 0.5) is 0 Å². The van der Waals surface area contributed by atoms with Crippen LogP contribution >= 0.6 is 0 Å². The number of hydrogen-bond acceptors (Lipinski definition) is 1. The number of benzene rings is 1. The molecule has 1 aromatic carbocycles. The topological polar surface area (TPSA) is 20.2 Å². The van der Waals surface area contributed by atoms with Gasteiger partial charge in [-0.3, -0.25) is 0 Å². The van der Waals surface area contributed by atoms with Crippen LogP contribution < -0.4 is 0 Å². The Morgan fingerprint density at radius 2 is 1.85 bits per heavy atom. The summed E-state index contributed by atoms with van der Waals surface area (Å²) in [5.41, 5.74) is 4.31. The maximum Gasteiger partial charge on any atom is 0.0576 e. The zero-order valence-corrected chi connectivity index (χ0v) is 13.7. The Hall–Kier alpha value is -0.820. The average Bonchev–Trinajstić information content (AvgIpc) is 2.33. The third-order valence-electron chi connectivity index (χ3n) is 5.31. The van der Waals surface area contributed by atoms with Gasteiger partial charge in [0.25, 0.3) is 0 Å². The molecule has 0 saturated heterocycles. The van der Waals surface area contributed by atoms with Crippen molar-refractivity contribution >= 4 is 0 Å². The maximum atomic E-state index is 10.5. The fourth-order valence-electron chi connectivity index (χ4n) is 3.83. The second-order valence-corrected chi connectivity index (χ2v) is 7.68. The molecule has 0 aromatic heterocycles. The molecule has 3 unspecified atom stereocenters. The molecule has 0 bridgehead atoms. The van der Waals surface area contributed by atoms with Gasteiger partial charge in [-0.25, -0.2) is 0 Å². The van der Waals surface area contributed by atoms with Crippen LogP contribution in [0, 0.1) is 31.1 Å². The van der Waals surface area contributed by atoms with Gasteiger partial charge in [0.15, 0.2) is 0 Å². The van der Waals surface area contributed by atoms with E-state index < -0.39 is 0 Å². The molecule has 1 N–H and O–H groups in total. The normalized spacial score (nSPS) is 27.6. The Morgan fingerprint density at radius 1 is 1.15 bits per heavy atom. The molecule has 0 amide bonds. The molecule has 0 spiro atoms. The summed E-state index contributed by atoms with van der Waals surface area (Å²) in [6.45, 7) is 11.3. The first kappa shape index (κ1) is 15.6. The minimum absolute atomic E-state index is 0.125. The van der Waals surface area contributed by atoms with Gasteiger partial charge < -0.3 is 5.11 Å². The van der Waals surface area contributed by atoms with Crippen molar-refractivity contribution in [3.05, 3.63) is 34.9 Å². The lowest BCUT2D eigenvalue weighted by atomic mass is 9.65. The quantitative estimate of drug-likeness (QED) is 0.849. The maximum absolute atomic E-state index is 10.5. The number of hydrogen-bond donors (Lipinski definition) is 1. The van der Waals surface area contributed by atoms with Gasteiger partial charge in [0.1, 0.15) is 0 Å². The summed E-state index contributed by atoms with van der Waals surface area (Å²) in [5.74, 6) is 1.11. The first-order valence-electron chi connectivity index (χ1n) is 8.04. The van der Waals surface area contributed by atoms with Gasteiger partial charge in [-0.2, -0.15) is 0 Å². The molecular formula is C19H30O. The molecule has 1 aromatic rings. The number of aliphatic hydroxyl groups is 1. The van der Waals surface area contributed by atoms with E-state index in [-0.39, 0.29) is 11.5 Å². The molecule has 1 aliphatic carbocycles. The highest BCUT2D eigenvalue weighted by atomic mass is 16.3. The van der Waals surface area contributed by atoms with Crippen LogP contribution in [0.1, 0.15) is 56.7 Å². The summed E-state index contributed by atoms with van der Waals surface area (Å²) in [5, 5.41) is 10.5. The van der Waals surface area contributed by atoms with Gasteiger partial charge in [0.2, 0.25) is 0 Å². The van der Waals surface area contributed by atoms with Gasteiger partial charge >= 0.3 is 0 Å². The summed E-state index contributed by atoms with van der Waals surface area (Å²) in [4.78, 5) is 0. The molecule has 1 nitrogen and oxygen atoms in total. The zero-order chi connectivity index (χ0) is 14.9. The largest absolute Gasteiger partial charge is 0.393 e. The molecular weight excluding hydrogens is 244 g/mol. The standard InChI is InChI=1S/C19H30O/c1-13-6-9-17(18(20)10-13)19(4,5)12-16-8-7-14(2)15(3)11-16/h7-8,11,13,17-18,20H,6,9-10,12H2,1-5H3. The van der Waals surface area contributed by atoms with Crippen LogP contribution in [0.5, 0.6) is 0 Å². The molecule has 2 rings (SSSR count). The van der Waals surface area contributed by atoms with E-state index in [2.05, 4.69) is 52.8 Å². The lowest BCUT2D eigenvalue weighted by Gasteiger charge is -2.42. The van der Waals surface area contributed by atoms with Crippen molar-refractivity contribution in [3.63, 3.8) is 0 Å². The fourth-order valence-corrected chi connectivity index (χ4v) is 3.83. The van der Waals surface area contributed by atoms with Crippen molar-refractivity contribution in [1.29, 1.82) is 0 Å². The highest BCUT2D eigenvalue weighted by Gasteiger charge is 2.38. The van der Waals surface area contributed by atoms with E-state index >= 15 is 0 Å². The van der Waals surface area contributed by atoms with E-state index in [1.807, 2.05) is 0 Å². The molecule has 0 heterocycles. The van der Waals surface area contributed by atoms with E-state index in [1.165, 1.54) is 29.5 Å². The second-order valence-electron chi connectivity index (χ2n) is 7.68. The molecule has 1 saturated carbocycles. The smallest absolute Gasteiger partial charge is 0.0576 e. The van der Waals surface area contributed by atoms with Crippen LogP contribution in [0.2, 0.25) is 0 Å². The molecule has 0 radical (unpaired) electrons. The predicted molar refractivity (Wildman–Crippen MR) is 85.9 cm³/mol. The van der Waals surface area contributed by atoms with E-state index in [1.54, 1.807) is 0 Å². The summed E-state index contributed by atoms with van der Waals surface area (Å²) in [7, 11) is 0. The number of rotatable bonds is 3. The summed E-state index contributed by atoms with van der Waals surface area (Å²) in [6, 6.07) is 6.79. The molecule has 20 heavy (non-hydrogen) atoms. The summed E-state index contributed by atoms with van der Waals surface area (Å²) >= 11 is 0. The molecule has 1 fully saturated rings. The van der Waals surface area contributed by atoms with Crippen LogP contribution in [0.25, 0.3) is 0 Å². The van der Waals surface area contributed by atoms with Crippen LogP contribution in [0.3, 0.4) is 0 Å². The Bertz CT molecular complexity index is 461. The SMILES string of the molecule is Cc1ccc(CC(C)(C)C2CCC(C)CC2O)cc1C. The van der Waals surface area contributed by atoms with Crippen LogP contribution in [-0.4, -0.2) is 11.2 Å². The molecule has 1 aliphatic rings. The Balaban J connectivity index is 2.11. The summed E-state index contributed by atoms with van der Waals surface area (Å²) < 4.78 is 0. The van der Waals surface area contributed by atoms with Gasteiger partial charge in [0.05, 0.1) is 6.10 Å². The van der Waals surface area contributed by atoms with Crippen molar-refractivity contribution in [2.75, 3.05) is 0 Å². The fraction of sp³-hybridized carbons (Fsp3) is 0.684. The Morgan fingerprint density at radius 3 is 2.45 bits per heavy atom. The lowest BCUT2D eigenvalue weighted by molar-refractivity contribution is -0.0125. The predicted octanol–water partition coefficient (Wildman–Crippen LogP) is 4.67. The highest BCUT2D eigenvalue weighted by molar-refractivity contribution is 5.30. The Labute approximate surface area is 124 Å². The van der Waals surface area contributed by atoms with Gasteiger partial charge in [-0.05, 0) is 67.1 Å². The zero-order valence-electron chi connectivity index (χ0n) is 13.7.